The second-order valence-corrected chi connectivity index (χ2v) is 8.11. The van der Waals surface area contributed by atoms with Crippen LogP contribution in [0.25, 0.3) is 0 Å². The summed E-state index contributed by atoms with van der Waals surface area (Å²) >= 11 is 1.00. The van der Waals surface area contributed by atoms with Crippen molar-refractivity contribution in [3.63, 3.8) is 0 Å². The fourth-order valence-electron chi connectivity index (χ4n) is 2.06. The van der Waals surface area contributed by atoms with E-state index in [4.69, 9.17) is 4.74 Å². The standard InChI is InChI=1S/C15H20N4O4S2/c1-5-11-14(24-18-17-11)15(20)16-10-7-8-12(23-6-2)13(9-10)25(21,22)19(3)4/h7-9H,5-6H2,1-4H3,(H,16,20). The Morgan fingerprint density at radius 2 is 2.04 bits per heavy atom. The molecule has 2 aromatic rings. The Morgan fingerprint density at radius 1 is 1.32 bits per heavy atom. The van der Waals surface area contributed by atoms with E-state index in [1.165, 1.54) is 26.2 Å². The van der Waals surface area contributed by atoms with Crippen LogP contribution in [0, 0.1) is 0 Å². The summed E-state index contributed by atoms with van der Waals surface area (Å²) in [6.07, 6.45) is 0.586. The number of sulfonamides is 1. The van der Waals surface area contributed by atoms with Gasteiger partial charge in [0.1, 0.15) is 15.5 Å². The van der Waals surface area contributed by atoms with Crippen molar-refractivity contribution in [2.24, 2.45) is 0 Å². The predicted octanol–water partition coefficient (Wildman–Crippen LogP) is 2.00. The van der Waals surface area contributed by atoms with Crippen LogP contribution >= 0.6 is 11.5 Å². The quantitative estimate of drug-likeness (QED) is 0.783. The fourth-order valence-corrected chi connectivity index (χ4v) is 3.76. The molecule has 0 unspecified atom stereocenters. The van der Waals surface area contributed by atoms with Gasteiger partial charge in [0, 0.05) is 19.8 Å². The molecule has 0 aliphatic heterocycles. The first kappa shape index (κ1) is 19.3. The summed E-state index contributed by atoms with van der Waals surface area (Å²) in [5, 5.41) is 6.59. The van der Waals surface area contributed by atoms with E-state index in [2.05, 4.69) is 14.9 Å². The van der Waals surface area contributed by atoms with Gasteiger partial charge >= 0.3 is 0 Å². The third-order valence-electron chi connectivity index (χ3n) is 3.36. The van der Waals surface area contributed by atoms with E-state index in [1.807, 2.05) is 6.92 Å². The molecule has 0 saturated carbocycles. The second-order valence-electron chi connectivity index (χ2n) is 5.24. The zero-order valence-electron chi connectivity index (χ0n) is 14.4. The van der Waals surface area contributed by atoms with E-state index < -0.39 is 10.0 Å². The van der Waals surface area contributed by atoms with E-state index in [-0.39, 0.29) is 16.6 Å². The molecule has 1 heterocycles. The Kier molecular flexibility index (Phi) is 6.09. The van der Waals surface area contributed by atoms with Crippen LogP contribution < -0.4 is 10.1 Å². The molecular weight excluding hydrogens is 364 g/mol. The lowest BCUT2D eigenvalue weighted by Crippen LogP contribution is -2.23. The maximum Gasteiger partial charge on any atom is 0.269 e. The van der Waals surface area contributed by atoms with Gasteiger partial charge in [-0.25, -0.2) is 12.7 Å². The average molecular weight is 384 g/mol. The lowest BCUT2D eigenvalue weighted by molar-refractivity contribution is 0.102. The summed E-state index contributed by atoms with van der Waals surface area (Å²) in [6, 6.07) is 4.51. The number of aromatic nitrogens is 2. The summed E-state index contributed by atoms with van der Waals surface area (Å²) in [6.45, 7) is 3.98. The maximum atomic E-state index is 12.5. The SMILES string of the molecule is CCOc1ccc(NC(=O)c2snnc2CC)cc1S(=O)(=O)N(C)C. The molecule has 8 nitrogen and oxygen atoms in total. The molecule has 2 rings (SSSR count). The van der Waals surface area contributed by atoms with Crippen LogP contribution in [0.3, 0.4) is 0 Å². The first-order chi connectivity index (χ1) is 11.8. The molecule has 1 aromatic heterocycles. The number of nitrogens with one attached hydrogen (secondary N) is 1. The first-order valence-corrected chi connectivity index (χ1v) is 9.84. The highest BCUT2D eigenvalue weighted by Gasteiger charge is 2.24. The van der Waals surface area contributed by atoms with Gasteiger partial charge in [0.25, 0.3) is 5.91 Å². The molecule has 0 fully saturated rings. The summed E-state index contributed by atoms with van der Waals surface area (Å²) in [7, 11) is -0.845. The second kappa shape index (κ2) is 7.89. The Balaban J connectivity index is 2.38. The molecule has 0 atom stereocenters. The Bertz CT molecular complexity index is 862. The summed E-state index contributed by atoms with van der Waals surface area (Å²) in [5.74, 6) is -0.132. The van der Waals surface area contributed by atoms with Crippen LogP contribution in [0.5, 0.6) is 5.75 Å². The van der Waals surface area contributed by atoms with Crippen molar-refractivity contribution in [1.29, 1.82) is 0 Å². The molecule has 0 aliphatic carbocycles. The van der Waals surface area contributed by atoms with Gasteiger partial charge in [-0.2, -0.15) is 0 Å². The lowest BCUT2D eigenvalue weighted by atomic mass is 10.2. The highest BCUT2D eigenvalue weighted by atomic mass is 32.2. The maximum absolute atomic E-state index is 12.5. The molecule has 0 aliphatic rings. The van der Waals surface area contributed by atoms with Gasteiger partial charge in [-0.3, -0.25) is 4.79 Å². The van der Waals surface area contributed by atoms with Crippen molar-refractivity contribution in [3.8, 4) is 5.75 Å². The number of hydrogen-bond donors (Lipinski definition) is 1. The van der Waals surface area contributed by atoms with Crippen LogP contribution in [-0.4, -0.2) is 48.9 Å². The normalized spacial score (nSPS) is 11.6. The number of anilines is 1. The number of aryl methyl sites for hydroxylation is 1. The van der Waals surface area contributed by atoms with Gasteiger partial charge in [-0.15, -0.1) is 5.10 Å². The van der Waals surface area contributed by atoms with Gasteiger partial charge in [-0.1, -0.05) is 11.4 Å². The highest BCUT2D eigenvalue weighted by Crippen LogP contribution is 2.29. The molecule has 10 heteroatoms. The number of carbonyl (C=O) groups is 1. The number of nitrogens with zero attached hydrogens (tertiary/aromatic N) is 3. The topological polar surface area (TPSA) is 101 Å². The third-order valence-corrected chi connectivity index (χ3v) is 5.96. The molecule has 136 valence electrons. The van der Waals surface area contributed by atoms with Crippen LogP contribution in [0.1, 0.15) is 29.2 Å². The van der Waals surface area contributed by atoms with E-state index in [0.717, 1.165) is 15.8 Å². The zero-order valence-corrected chi connectivity index (χ0v) is 16.1. The third kappa shape index (κ3) is 4.14. The molecule has 1 amide bonds. The Hall–Kier alpha value is -2.04. The molecular formula is C15H20N4O4S2. The van der Waals surface area contributed by atoms with Crippen LogP contribution in [0.2, 0.25) is 0 Å². The van der Waals surface area contributed by atoms with E-state index >= 15 is 0 Å². The van der Waals surface area contributed by atoms with Crippen molar-refractivity contribution >= 4 is 33.2 Å². The van der Waals surface area contributed by atoms with E-state index in [1.54, 1.807) is 13.0 Å². The van der Waals surface area contributed by atoms with E-state index in [0.29, 0.717) is 29.3 Å². The number of benzene rings is 1. The molecule has 0 bridgehead atoms. The summed E-state index contributed by atoms with van der Waals surface area (Å²) in [5.41, 5.74) is 0.957. The van der Waals surface area contributed by atoms with Gasteiger partial charge in [0.05, 0.1) is 12.3 Å². The van der Waals surface area contributed by atoms with Gasteiger partial charge < -0.3 is 10.1 Å². The number of ether oxygens (including phenoxy) is 1. The molecule has 1 N–H and O–H groups in total. The minimum Gasteiger partial charge on any atom is -0.492 e. The van der Waals surface area contributed by atoms with Gasteiger partial charge in [-0.05, 0) is 43.1 Å². The molecule has 1 aromatic carbocycles. The molecule has 25 heavy (non-hydrogen) atoms. The number of amides is 1. The predicted molar refractivity (Wildman–Crippen MR) is 95.7 cm³/mol. The van der Waals surface area contributed by atoms with Crippen molar-refractivity contribution in [2.45, 2.75) is 25.2 Å². The largest absolute Gasteiger partial charge is 0.492 e. The summed E-state index contributed by atoms with van der Waals surface area (Å²) in [4.78, 5) is 12.8. The minimum atomic E-state index is -3.72. The van der Waals surface area contributed by atoms with Crippen LogP contribution in [-0.2, 0) is 16.4 Å². The monoisotopic (exact) mass is 384 g/mol. The Labute approximate surface area is 151 Å². The minimum absolute atomic E-state index is 0.00436. The molecule has 0 radical (unpaired) electrons. The zero-order chi connectivity index (χ0) is 18.6. The molecule has 0 spiro atoms. The smallest absolute Gasteiger partial charge is 0.269 e. The first-order valence-electron chi connectivity index (χ1n) is 7.63. The van der Waals surface area contributed by atoms with Gasteiger partial charge in [0.2, 0.25) is 10.0 Å². The van der Waals surface area contributed by atoms with Gasteiger partial charge in [0.15, 0.2) is 0 Å². The van der Waals surface area contributed by atoms with Crippen LogP contribution in [0.15, 0.2) is 23.1 Å². The number of carbonyl (C=O) groups excluding carboxylic acids is 1. The Morgan fingerprint density at radius 3 is 2.64 bits per heavy atom. The lowest BCUT2D eigenvalue weighted by Gasteiger charge is -2.16. The van der Waals surface area contributed by atoms with Crippen LogP contribution in [0.4, 0.5) is 5.69 Å². The van der Waals surface area contributed by atoms with Crippen molar-refractivity contribution in [1.82, 2.24) is 13.9 Å². The average Bonchev–Trinajstić information content (AvgIpc) is 3.05. The fraction of sp³-hybridized carbons (Fsp3) is 0.400. The number of hydrogen-bond acceptors (Lipinski definition) is 7. The van der Waals surface area contributed by atoms with Crippen molar-refractivity contribution in [2.75, 3.05) is 26.0 Å². The summed E-state index contributed by atoms with van der Waals surface area (Å²) < 4.78 is 35.3. The molecule has 0 saturated heterocycles. The van der Waals surface area contributed by atoms with Crippen molar-refractivity contribution < 1.29 is 17.9 Å². The van der Waals surface area contributed by atoms with E-state index in [9.17, 15) is 13.2 Å². The van der Waals surface area contributed by atoms with Crippen molar-refractivity contribution in [3.05, 3.63) is 28.8 Å². The number of rotatable bonds is 7. The highest BCUT2D eigenvalue weighted by molar-refractivity contribution is 7.89.